The van der Waals surface area contributed by atoms with E-state index in [-0.39, 0.29) is 12.1 Å². The Bertz CT molecular complexity index is 715. The lowest BCUT2D eigenvalue weighted by molar-refractivity contribution is 0.102. The van der Waals surface area contributed by atoms with E-state index in [0.29, 0.717) is 5.69 Å². The Morgan fingerprint density at radius 2 is 1.86 bits per heavy atom. The van der Waals surface area contributed by atoms with Gasteiger partial charge in [0.15, 0.2) is 0 Å². The summed E-state index contributed by atoms with van der Waals surface area (Å²) in [5.74, 6) is 3.37. The first kappa shape index (κ1) is 14.7. The summed E-state index contributed by atoms with van der Waals surface area (Å²) in [5.41, 5.74) is 6.13. The molecule has 0 saturated carbocycles. The van der Waals surface area contributed by atoms with E-state index in [1.165, 1.54) is 0 Å². The molecule has 3 nitrogen and oxygen atoms in total. The SMILES string of the molecule is NCC#Cc1ccc(NC(=O)c2cc(F)ccc2F)cc1. The zero-order valence-corrected chi connectivity index (χ0v) is 11.0. The van der Waals surface area contributed by atoms with Crippen LogP contribution in [0.15, 0.2) is 42.5 Å². The van der Waals surface area contributed by atoms with Gasteiger partial charge in [0.1, 0.15) is 11.6 Å². The number of benzene rings is 2. The molecule has 0 aliphatic carbocycles. The molecule has 0 fully saturated rings. The van der Waals surface area contributed by atoms with Gasteiger partial charge in [0.25, 0.3) is 5.91 Å². The third-order valence-electron chi connectivity index (χ3n) is 2.65. The zero-order valence-electron chi connectivity index (χ0n) is 11.0. The predicted molar refractivity (Wildman–Crippen MR) is 76.7 cm³/mol. The summed E-state index contributed by atoms with van der Waals surface area (Å²) in [5, 5.41) is 2.49. The van der Waals surface area contributed by atoms with Gasteiger partial charge >= 0.3 is 0 Å². The van der Waals surface area contributed by atoms with E-state index < -0.39 is 17.5 Å². The lowest BCUT2D eigenvalue weighted by Crippen LogP contribution is -2.14. The number of halogens is 2. The van der Waals surface area contributed by atoms with Crippen molar-refractivity contribution in [3.63, 3.8) is 0 Å². The topological polar surface area (TPSA) is 55.1 Å². The third-order valence-corrected chi connectivity index (χ3v) is 2.65. The molecule has 5 heteroatoms. The fourth-order valence-corrected chi connectivity index (χ4v) is 1.66. The van der Waals surface area contributed by atoms with Crippen molar-refractivity contribution in [2.24, 2.45) is 5.73 Å². The lowest BCUT2D eigenvalue weighted by Gasteiger charge is -2.06. The second-order valence-corrected chi connectivity index (χ2v) is 4.16. The van der Waals surface area contributed by atoms with Gasteiger partial charge in [-0.25, -0.2) is 8.78 Å². The Hall–Kier alpha value is -2.71. The molecule has 0 heterocycles. The molecule has 0 bridgehead atoms. The number of anilines is 1. The number of carbonyl (C=O) groups excluding carboxylic acids is 1. The average Bonchev–Trinajstić information content (AvgIpc) is 2.49. The van der Waals surface area contributed by atoms with E-state index in [1.54, 1.807) is 24.3 Å². The minimum absolute atomic E-state index is 0.261. The molecular formula is C16H12F2N2O. The largest absolute Gasteiger partial charge is 0.322 e. The highest BCUT2D eigenvalue weighted by Crippen LogP contribution is 2.14. The van der Waals surface area contributed by atoms with Crippen molar-refractivity contribution >= 4 is 11.6 Å². The second kappa shape index (κ2) is 6.64. The first-order valence-electron chi connectivity index (χ1n) is 6.15. The normalized spacial score (nSPS) is 9.67. The molecule has 0 spiro atoms. The van der Waals surface area contributed by atoms with Crippen LogP contribution in [0, 0.1) is 23.5 Å². The van der Waals surface area contributed by atoms with Gasteiger partial charge in [-0.05, 0) is 42.5 Å². The monoisotopic (exact) mass is 286 g/mol. The van der Waals surface area contributed by atoms with Crippen LogP contribution in [0.2, 0.25) is 0 Å². The highest BCUT2D eigenvalue weighted by molar-refractivity contribution is 6.04. The van der Waals surface area contributed by atoms with Crippen molar-refractivity contribution < 1.29 is 13.6 Å². The van der Waals surface area contributed by atoms with Crippen LogP contribution in [0.4, 0.5) is 14.5 Å². The summed E-state index contributed by atoms with van der Waals surface area (Å²) >= 11 is 0. The van der Waals surface area contributed by atoms with Crippen molar-refractivity contribution in [3.8, 4) is 11.8 Å². The van der Waals surface area contributed by atoms with Crippen molar-refractivity contribution in [3.05, 3.63) is 65.2 Å². The fourth-order valence-electron chi connectivity index (χ4n) is 1.66. The van der Waals surface area contributed by atoms with E-state index in [0.717, 1.165) is 23.8 Å². The van der Waals surface area contributed by atoms with E-state index in [2.05, 4.69) is 17.2 Å². The van der Waals surface area contributed by atoms with Gasteiger partial charge in [-0.15, -0.1) is 0 Å². The zero-order chi connectivity index (χ0) is 15.2. The Kier molecular flexibility index (Phi) is 4.64. The van der Waals surface area contributed by atoms with Crippen LogP contribution < -0.4 is 11.1 Å². The lowest BCUT2D eigenvalue weighted by atomic mass is 10.1. The molecule has 0 saturated heterocycles. The minimum atomic E-state index is -0.778. The number of nitrogens with one attached hydrogen (secondary N) is 1. The van der Waals surface area contributed by atoms with Gasteiger partial charge in [-0.1, -0.05) is 11.8 Å². The summed E-state index contributed by atoms with van der Waals surface area (Å²) in [6.45, 7) is 0.261. The van der Waals surface area contributed by atoms with Gasteiger partial charge in [-0.2, -0.15) is 0 Å². The maximum absolute atomic E-state index is 13.5. The first-order chi connectivity index (χ1) is 10.1. The van der Waals surface area contributed by atoms with Gasteiger partial charge in [-0.3, -0.25) is 4.79 Å². The summed E-state index contributed by atoms with van der Waals surface area (Å²) in [6, 6.07) is 9.35. The number of hydrogen-bond donors (Lipinski definition) is 2. The van der Waals surface area contributed by atoms with Crippen molar-refractivity contribution in [1.29, 1.82) is 0 Å². The molecule has 0 unspecified atom stereocenters. The van der Waals surface area contributed by atoms with E-state index in [9.17, 15) is 13.6 Å². The minimum Gasteiger partial charge on any atom is -0.322 e. The molecule has 0 aromatic heterocycles. The Labute approximate surface area is 120 Å². The van der Waals surface area contributed by atoms with Crippen LogP contribution in [0.1, 0.15) is 15.9 Å². The second-order valence-electron chi connectivity index (χ2n) is 4.16. The van der Waals surface area contributed by atoms with Gasteiger partial charge in [0, 0.05) is 11.3 Å². The molecule has 21 heavy (non-hydrogen) atoms. The molecule has 2 aromatic rings. The highest BCUT2D eigenvalue weighted by Gasteiger charge is 2.12. The smallest absolute Gasteiger partial charge is 0.258 e. The Balaban J connectivity index is 2.14. The number of hydrogen-bond acceptors (Lipinski definition) is 2. The van der Waals surface area contributed by atoms with Gasteiger partial charge in [0.05, 0.1) is 12.1 Å². The number of carbonyl (C=O) groups is 1. The molecule has 1 amide bonds. The van der Waals surface area contributed by atoms with Crippen molar-refractivity contribution in [1.82, 2.24) is 0 Å². The molecule has 0 radical (unpaired) electrons. The Morgan fingerprint density at radius 1 is 1.14 bits per heavy atom. The van der Waals surface area contributed by atoms with Crippen LogP contribution in [-0.2, 0) is 0 Å². The maximum Gasteiger partial charge on any atom is 0.258 e. The van der Waals surface area contributed by atoms with E-state index in [4.69, 9.17) is 5.73 Å². The van der Waals surface area contributed by atoms with Crippen LogP contribution >= 0.6 is 0 Å². The summed E-state index contributed by atoms with van der Waals surface area (Å²) < 4.78 is 26.5. The van der Waals surface area contributed by atoms with Crippen LogP contribution in [0.3, 0.4) is 0 Å². The van der Waals surface area contributed by atoms with Crippen LogP contribution in [0.25, 0.3) is 0 Å². The molecule has 0 aliphatic heterocycles. The number of rotatable bonds is 2. The summed E-state index contributed by atoms with van der Waals surface area (Å²) in [4.78, 5) is 11.9. The molecule has 0 aliphatic rings. The standard InChI is InChI=1S/C16H12F2N2O/c17-12-5-8-15(18)14(10-12)16(21)20-13-6-3-11(4-7-13)2-1-9-19/h3-8,10H,9,19H2,(H,20,21). The van der Waals surface area contributed by atoms with Crippen molar-refractivity contribution in [2.75, 3.05) is 11.9 Å². The quantitative estimate of drug-likeness (QED) is 0.834. The Morgan fingerprint density at radius 3 is 2.52 bits per heavy atom. The molecule has 2 rings (SSSR count). The molecule has 106 valence electrons. The number of nitrogens with two attached hydrogens (primary N) is 1. The van der Waals surface area contributed by atoms with Gasteiger partial charge < -0.3 is 11.1 Å². The fraction of sp³-hybridized carbons (Fsp3) is 0.0625. The van der Waals surface area contributed by atoms with Crippen molar-refractivity contribution in [2.45, 2.75) is 0 Å². The molecule has 2 aromatic carbocycles. The summed E-state index contributed by atoms with van der Waals surface area (Å²) in [7, 11) is 0. The molecule has 3 N–H and O–H groups in total. The molecular weight excluding hydrogens is 274 g/mol. The third kappa shape index (κ3) is 3.88. The predicted octanol–water partition coefficient (Wildman–Crippen LogP) is 2.53. The van der Waals surface area contributed by atoms with Crippen LogP contribution in [0.5, 0.6) is 0 Å². The van der Waals surface area contributed by atoms with Crippen LogP contribution in [-0.4, -0.2) is 12.5 Å². The van der Waals surface area contributed by atoms with E-state index in [1.807, 2.05) is 0 Å². The van der Waals surface area contributed by atoms with Gasteiger partial charge in [0.2, 0.25) is 0 Å². The summed E-state index contributed by atoms with van der Waals surface area (Å²) in [6.07, 6.45) is 0. The molecule has 0 atom stereocenters. The first-order valence-corrected chi connectivity index (χ1v) is 6.15. The highest BCUT2D eigenvalue weighted by atomic mass is 19.1. The maximum atomic E-state index is 13.5. The average molecular weight is 286 g/mol. The van der Waals surface area contributed by atoms with E-state index >= 15 is 0 Å². The number of amides is 1.